The van der Waals surface area contributed by atoms with E-state index in [0.29, 0.717) is 5.92 Å². The first-order chi connectivity index (χ1) is 20.3. The normalized spacial score (nSPS) is 13.8. The predicted octanol–water partition coefficient (Wildman–Crippen LogP) is 9.18. The summed E-state index contributed by atoms with van der Waals surface area (Å²) in [6.45, 7) is 24.2. The molecule has 1 aromatic heterocycles. The van der Waals surface area contributed by atoms with Crippen LogP contribution in [0.4, 0.5) is 0 Å². The maximum Gasteiger partial charge on any atom is 0.245 e. The van der Waals surface area contributed by atoms with Crippen molar-refractivity contribution in [2.45, 2.75) is 123 Å². The van der Waals surface area contributed by atoms with Crippen molar-refractivity contribution in [3.05, 3.63) is 76.9 Å². The van der Waals surface area contributed by atoms with Gasteiger partial charge >= 0.3 is 0 Å². The van der Waals surface area contributed by atoms with Crippen molar-refractivity contribution in [3.8, 4) is 0 Å². The smallest absolute Gasteiger partial charge is 0.245 e. The standard InChI is InChI=1S/C37H51N3O2S/c1-12-39-33-16-14-13-15-29(33)30-18-17-27(21-34(30)39)35(37(41)40(25(8)9)26(10)11)38-43(42)36-31(23(4)5)19-28(22(2)3)20-32(36)24(6)7/h13-26,35,38H,12H2,1-11H3/t35-,43+/m0/s1. The molecule has 4 rings (SSSR count). The van der Waals surface area contributed by atoms with Crippen molar-refractivity contribution in [2.24, 2.45) is 0 Å². The topological polar surface area (TPSA) is 54.3 Å². The lowest BCUT2D eigenvalue weighted by atomic mass is 9.89. The van der Waals surface area contributed by atoms with E-state index in [2.05, 4.69) is 106 Å². The second-order valence-corrected chi connectivity index (χ2v) is 14.5. The van der Waals surface area contributed by atoms with Gasteiger partial charge in [0.1, 0.15) is 17.0 Å². The Labute approximate surface area is 261 Å². The second kappa shape index (κ2) is 13.4. The monoisotopic (exact) mass is 601 g/mol. The summed E-state index contributed by atoms with van der Waals surface area (Å²) in [4.78, 5) is 17.2. The lowest BCUT2D eigenvalue weighted by Gasteiger charge is -2.34. The van der Waals surface area contributed by atoms with Crippen LogP contribution in [0, 0.1) is 0 Å². The molecule has 232 valence electrons. The Morgan fingerprint density at radius 3 is 1.81 bits per heavy atom. The molecule has 1 heterocycles. The van der Waals surface area contributed by atoms with E-state index in [1.807, 2.05) is 38.7 Å². The number of nitrogens with one attached hydrogen (secondary N) is 1. The number of para-hydroxylation sites is 1. The number of hydrogen-bond acceptors (Lipinski definition) is 2. The molecule has 3 aromatic carbocycles. The predicted molar refractivity (Wildman–Crippen MR) is 183 cm³/mol. The number of rotatable bonds is 11. The van der Waals surface area contributed by atoms with Crippen LogP contribution in [0.5, 0.6) is 0 Å². The molecule has 0 fully saturated rings. The van der Waals surface area contributed by atoms with Crippen LogP contribution in [0.3, 0.4) is 0 Å². The fourth-order valence-corrected chi connectivity index (χ4v) is 7.96. The van der Waals surface area contributed by atoms with Crippen LogP contribution in [0.15, 0.2) is 59.5 Å². The highest BCUT2D eigenvalue weighted by atomic mass is 32.2. The number of hydrogen-bond donors (Lipinski definition) is 1. The van der Waals surface area contributed by atoms with Crippen LogP contribution in [0.25, 0.3) is 21.8 Å². The number of benzene rings is 3. The Balaban J connectivity index is 1.92. The number of fused-ring (bicyclic) bond motifs is 3. The average Bonchev–Trinajstić information content (AvgIpc) is 3.27. The minimum atomic E-state index is -1.62. The summed E-state index contributed by atoms with van der Waals surface area (Å²) in [5.74, 6) is 0.673. The maximum absolute atomic E-state index is 14.6. The molecule has 0 spiro atoms. The van der Waals surface area contributed by atoms with Gasteiger partial charge in [0.05, 0.1) is 4.90 Å². The molecule has 0 aliphatic rings. The zero-order valence-corrected chi connectivity index (χ0v) is 28.8. The summed E-state index contributed by atoms with van der Waals surface area (Å²) >= 11 is 0. The molecule has 0 unspecified atom stereocenters. The zero-order valence-electron chi connectivity index (χ0n) is 28.0. The van der Waals surface area contributed by atoms with E-state index in [4.69, 9.17) is 0 Å². The van der Waals surface area contributed by atoms with Gasteiger partial charge in [-0.3, -0.25) is 4.79 Å². The van der Waals surface area contributed by atoms with E-state index in [-0.39, 0.29) is 29.8 Å². The van der Waals surface area contributed by atoms with Gasteiger partial charge in [0.15, 0.2) is 0 Å². The summed E-state index contributed by atoms with van der Waals surface area (Å²) in [7, 11) is -1.62. The molecule has 2 atom stereocenters. The van der Waals surface area contributed by atoms with Crippen LogP contribution in [-0.2, 0) is 22.3 Å². The van der Waals surface area contributed by atoms with E-state index in [1.54, 1.807) is 0 Å². The van der Waals surface area contributed by atoms with Crippen molar-refractivity contribution in [1.82, 2.24) is 14.2 Å². The quantitative estimate of drug-likeness (QED) is 0.186. The molecule has 0 aliphatic carbocycles. The number of carbonyl (C=O) groups is 1. The molecule has 43 heavy (non-hydrogen) atoms. The van der Waals surface area contributed by atoms with Gasteiger partial charge in [0, 0.05) is 40.4 Å². The fraction of sp³-hybridized carbons (Fsp3) is 0.486. The summed E-state index contributed by atoms with van der Waals surface area (Å²) in [5.41, 5.74) is 6.50. The van der Waals surface area contributed by atoms with Gasteiger partial charge in [0.2, 0.25) is 5.91 Å². The van der Waals surface area contributed by atoms with Gasteiger partial charge < -0.3 is 9.47 Å². The third kappa shape index (κ3) is 6.46. The van der Waals surface area contributed by atoms with Crippen LogP contribution < -0.4 is 4.72 Å². The zero-order chi connectivity index (χ0) is 31.7. The lowest BCUT2D eigenvalue weighted by Crippen LogP contribution is -2.48. The molecule has 0 aliphatic heterocycles. The lowest BCUT2D eigenvalue weighted by molar-refractivity contribution is -0.136. The third-order valence-electron chi connectivity index (χ3n) is 8.55. The van der Waals surface area contributed by atoms with Gasteiger partial charge in [-0.2, -0.15) is 0 Å². The Hall–Kier alpha value is -2.96. The molecular formula is C37H51N3O2S. The summed E-state index contributed by atoms with van der Waals surface area (Å²) < 4.78 is 20.3. The first-order valence-electron chi connectivity index (χ1n) is 16.0. The number of aromatic nitrogens is 1. The molecule has 0 bridgehead atoms. The van der Waals surface area contributed by atoms with Gasteiger partial charge in [-0.15, -0.1) is 0 Å². The Morgan fingerprint density at radius 2 is 1.30 bits per heavy atom. The highest BCUT2D eigenvalue weighted by Crippen LogP contribution is 2.36. The van der Waals surface area contributed by atoms with Gasteiger partial charge in [-0.25, -0.2) is 8.93 Å². The van der Waals surface area contributed by atoms with E-state index in [9.17, 15) is 9.00 Å². The third-order valence-corrected chi connectivity index (χ3v) is 9.84. The Kier molecular flexibility index (Phi) is 10.2. The van der Waals surface area contributed by atoms with E-state index < -0.39 is 17.0 Å². The second-order valence-electron chi connectivity index (χ2n) is 13.3. The number of aryl methyl sites for hydroxylation is 1. The largest absolute Gasteiger partial charge is 0.341 e. The van der Waals surface area contributed by atoms with Gasteiger partial charge in [-0.1, -0.05) is 84.0 Å². The molecule has 1 amide bonds. The molecule has 0 saturated carbocycles. The van der Waals surface area contributed by atoms with Crippen LogP contribution in [-0.4, -0.2) is 31.7 Å². The van der Waals surface area contributed by atoms with Crippen molar-refractivity contribution in [2.75, 3.05) is 0 Å². The van der Waals surface area contributed by atoms with Crippen molar-refractivity contribution < 1.29 is 9.00 Å². The van der Waals surface area contributed by atoms with Crippen LogP contribution in [0.1, 0.15) is 122 Å². The summed E-state index contributed by atoms with van der Waals surface area (Å²) in [6, 6.07) is 18.4. The summed E-state index contributed by atoms with van der Waals surface area (Å²) in [6.07, 6.45) is 0. The van der Waals surface area contributed by atoms with Crippen LogP contribution >= 0.6 is 0 Å². The first-order valence-corrected chi connectivity index (χ1v) is 17.1. The minimum Gasteiger partial charge on any atom is -0.341 e. The number of amides is 1. The highest BCUT2D eigenvalue weighted by Gasteiger charge is 2.33. The summed E-state index contributed by atoms with van der Waals surface area (Å²) in [5, 5.41) is 2.36. The molecule has 4 aromatic rings. The van der Waals surface area contributed by atoms with Crippen molar-refractivity contribution >= 4 is 38.7 Å². The molecular weight excluding hydrogens is 550 g/mol. The SMILES string of the molecule is CCn1c2ccccc2c2ccc([C@H](N[S@](=O)c3c(C(C)C)cc(C(C)C)cc3C(C)C)C(=O)N(C(C)C)C(C)C)cc21. The minimum absolute atomic E-state index is 0.00108. The van der Waals surface area contributed by atoms with E-state index in [1.165, 1.54) is 16.5 Å². The first kappa shape index (κ1) is 32.9. The number of nitrogens with zero attached hydrogens (tertiary/aromatic N) is 2. The molecule has 1 N–H and O–H groups in total. The average molecular weight is 602 g/mol. The van der Waals surface area contributed by atoms with Crippen LogP contribution in [0.2, 0.25) is 0 Å². The fourth-order valence-electron chi connectivity index (χ4n) is 6.37. The molecule has 0 saturated heterocycles. The van der Waals surface area contributed by atoms with E-state index >= 15 is 0 Å². The van der Waals surface area contributed by atoms with Gasteiger partial charge in [0.25, 0.3) is 0 Å². The molecule has 6 heteroatoms. The van der Waals surface area contributed by atoms with Crippen molar-refractivity contribution in [1.29, 1.82) is 0 Å². The Bertz CT molecular complexity index is 1590. The van der Waals surface area contributed by atoms with E-state index in [0.717, 1.165) is 39.0 Å². The van der Waals surface area contributed by atoms with Crippen molar-refractivity contribution in [3.63, 3.8) is 0 Å². The maximum atomic E-state index is 14.6. The number of carbonyl (C=O) groups excluding carboxylic acids is 1. The Morgan fingerprint density at radius 1 is 0.744 bits per heavy atom. The van der Waals surface area contributed by atoms with Gasteiger partial charge in [-0.05, 0) is 86.8 Å². The molecule has 5 nitrogen and oxygen atoms in total. The highest BCUT2D eigenvalue weighted by molar-refractivity contribution is 7.83. The molecule has 0 radical (unpaired) electrons.